The molecule has 0 saturated heterocycles. The lowest BCUT2D eigenvalue weighted by molar-refractivity contribution is -0.811. The Morgan fingerprint density at radius 1 is 1.32 bits per heavy atom. The Kier molecular flexibility index (Phi) is 7.59. The number of primary amides is 1. The topological polar surface area (TPSA) is 176 Å². The molecule has 28 heavy (non-hydrogen) atoms. The standard InChI is InChI=1S/C17H24N4O7/c1-10(22)28-14(9-21(2,3)17(19)25)15(16(23)24)12-8-11(6-7-18)4-5-13(12)20(26)27/h4-5,8,14-15H,6-7,9,18H2,1-3H3,(H2-,19,23,24,25)/p+1. The summed E-state index contributed by atoms with van der Waals surface area (Å²) in [6.45, 7) is 1.05. The highest BCUT2D eigenvalue weighted by Gasteiger charge is 2.42. The van der Waals surface area contributed by atoms with Gasteiger partial charge in [0.1, 0.15) is 12.5 Å². The highest BCUT2D eigenvalue weighted by atomic mass is 16.6. The Hall–Kier alpha value is -3.05. The number of ether oxygens (including phenoxy) is 1. The number of quaternary nitrogens is 1. The Morgan fingerprint density at radius 2 is 1.93 bits per heavy atom. The fraction of sp³-hybridized carbons (Fsp3) is 0.471. The van der Waals surface area contributed by atoms with E-state index in [1.165, 1.54) is 32.3 Å². The number of carboxylic acid groups (broad SMARTS) is 1. The fourth-order valence-electron chi connectivity index (χ4n) is 2.80. The molecule has 0 heterocycles. The molecule has 2 amide bonds. The molecule has 0 aliphatic carbocycles. The molecule has 5 N–H and O–H groups in total. The number of rotatable bonds is 9. The smallest absolute Gasteiger partial charge is 0.413 e. The second-order valence-electron chi connectivity index (χ2n) is 6.86. The summed E-state index contributed by atoms with van der Waals surface area (Å²) in [5.74, 6) is -3.82. The largest absolute Gasteiger partial charge is 0.481 e. The van der Waals surface area contributed by atoms with Crippen molar-refractivity contribution in [3.63, 3.8) is 0 Å². The molecule has 0 aliphatic heterocycles. The maximum absolute atomic E-state index is 12.1. The first kappa shape index (κ1) is 23.0. The molecule has 2 unspecified atom stereocenters. The van der Waals surface area contributed by atoms with Crippen LogP contribution in [0.15, 0.2) is 18.2 Å². The molecule has 1 aromatic rings. The van der Waals surface area contributed by atoms with Crippen molar-refractivity contribution in [1.82, 2.24) is 0 Å². The van der Waals surface area contributed by atoms with Crippen LogP contribution in [0.25, 0.3) is 0 Å². The summed E-state index contributed by atoms with van der Waals surface area (Å²) < 4.78 is 4.67. The van der Waals surface area contributed by atoms with Crippen LogP contribution in [0.4, 0.5) is 10.5 Å². The number of benzene rings is 1. The van der Waals surface area contributed by atoms with Gasteiger partial charge in [-0.1, -0.05) is 6.07 Å². The second-order valence-corrected chi connectivity index (χ2v) is 6.86. The third kappa shape index (κ3) is 5.72. The molecule has 2 atom stereocenters. The van der Waals surface area contributed by atoms with E-state index in [4.69, 9.17) is 16.2 Å². The molecule has 1 rings (SSSR count). The third-order valence-electron chi connectivity index (χ3n) is 4.24. The fourth-order valence-corrected chi connectivity index (χ4v) is 2.80. The summed E-state index contributed by atoms with van der Waals surface area (Å²) in [5, 5.41) is 21.3. The van der Waals surface area contributed by atoms with Crippen molar-refractivity contribution in [2.24, 2.45) is 11.5 Å². The number of hydrogen-bond donors (Lipinski definition) is 3. The van der Waals surface area contributed by atoms with Gasteiger partial charge in [-0.15, -0.1) is 0 Å². The van der Waals surface area contributed by atoms with E-state index in [0.717, 1.165) is 6.92 Å². The van der Waals surface area contributed by atoms with Gasteiger partial charge in [-0.2, -0.15) is 0 Å². The molecule has 0 saturated carbocycles. The molecule has 0 radical (unpaired) electrons. The van der Waals surface area contributed by atoms with E-state index in [1.54, 1.807) is 0 Å². The van der Waals surface area contributed by atoms with E-state index >= 15 is 0 Å². The molecule has 154 valence electrons. The number of nitro groups is 1. The van der Waals surface area contributed by atoms with Gasteiger partial charge in [-0.25, -0.2) is 9.28 Å². The van der Waals surface area contributed by atoms with Crippen molar-refractivity contribution < 1.29 is 33.6 Å². The monoisotopic (exact) mass is 397 g/mol. The highest BCUT2D eigenvalue weighted by Crippen LogP contribution is 2.33. The van der Waals surface area contributed by atoms with Gasteiger partial charge in [-0.3, -0.25) is 19.7 Å². The lowest BCUT2D eigenvalue weighted by Gasteiger charge is -2.31. The molecule has 0 aromatic heterocycles. The van der Waals surface area contributed by atoms with Crippen LogP contribution in [0.3, 0.4) is 0 Å². The number of carboxylic acids is 1. The van der Waals surface area contributed by atoms with Crippen LogP contribution in [0.5, 0.6) is 0 Å². The molecule has 11 heteroatoms. The maximum Gasteiger partial charge on any atom is 0.413 e. The van der Waals surface area contributed by atoms with Gasteiger partial charge in [-0.05, 0) is 24.6 Å². The van der Waals surface area contributed by atoms with Gasteiger partial charge in [0, 0.05) is 18.6 Å². The molecule has 0 aliphatic rings. The zero-order valence-corrected chi connectivity index (χ0v) is 16.0. The molecular weight excluding hydrogens is 372 g/mol. The van der Waals surface area contributed by atoms with E-state index in [-0.39, 0.29) is 18.7 Å². The van der Waals surface area contributed by atoms with Crippen LogP contribution < -0.4 is 11.5 Å². The van der Waals surface area contributed by atoms with Crippen LogP contribution in [0.1, 0.15) is 24.0 Å². The number of likely N-dealkylation sites (N-methyl/N-ethyl adjacent to an activating group) is 1. The molecule has 11 nitrogen and oxygen atoms in total. The second kappa shape index (κ2) is 9.24. The minimum absolute atomic E-state index is 0.140. The lowest BCUT2D eigenvalue weighted by atomic mass is 9.89. The van der Waals surface area contributed by atoms with Crippen molar-refractivity contribution in [2.75, 3.05) is 27.2 Å². The van der Waals surface area contributed by atoms with E-state index in [2.05, 4.69) is 0 Å². The number of nitro benzene ring substituents is 1. The SMILES string of the molecule is CC(=O)OC(C[N+](C)(C)C(N)=O)C(C(=O)O)c1cc(CCN)ccc1[N+](=O)[O-]. The average molecular weight is 397 g/mol. The molecule has 0 bridgehead atoms. The molecule has 0 fully saturated rings. The first-order valence-electron chi connectivity index (χ1n) is 8.41. The van der Waals surface area contributed by atoms with Gasteiger partial charge >= 0.3 is 18.0 Å². The maximum atomic E-state index is 12.1. The van der Waals surface area contributed by atoms with Gasteiger partial charge in [0.05, 0.1) is 19.0 Å². The summed E-state index contributed by atoms with van der Waals surface area (Å²) >= 11 is 0. The van der Waals surface area contributed by atoms with Crippen molar-refractivity contribution in [1.29, 1.82) is 0 Å². The van der Waals surface area contributed by atoms with Crippen LogP contribution in [-0.2, 0) is 20.7 Å². The van der Waals surface area contributed by atoms with E-state index in [9.17, 15) is 29.6 Å². The summed E-state index contributed by atoms with van der Waals surface area (Å²) in [6, 6.07) is 3.25. The minimum atomic E-state index is -1.58. The summed E-state index contributed by atoms with van der Waals surface area (Å²) in [4.78, 5) is 46.0. The molecular formula is C17H25N4O7+. The minimum Gasteiger partial charge on any atom is -0.481 e. The number of carbonyl (C=O) groups is 3. The quantitative estimate of drug-likeness (QED) is 0.231. The summed E-state index contributed by atoms with van der Waals surface area (Å²) in [6.07, 6.45) is -0.998. The van der Waals surface area contributed by atoms with Crippen molar-refractivity contribution in [3.05, 3.63) is 39.4 Å². The molecule has 0 spiro atoms. The number of nitrogens with two attached hydrogens (primary N) is 2. The summed E-state index contributed by atoms with van der Waals surface area (Å²) in [7, 11) is 2.83. The Morgan fingerprint density at radius 3 is 2.36 bits per heavy atom. The van der Waals surface area contributed by atoms with Gasteiger partial charge in [0.15, 0.2) is 6.10 Å². The van der Waals surface area contributed by atoms with Gasteiger partial charge < -0.3 is 21.3 Å². The van der Waals surface area contributed by atoms with E-state index in [0.29, 0.717) is 12.0 Å². The normalized spacial score (nSPS) is 13.4. The van der Waals surface area contributed by atoms with Crippen molar-refractivity contribution >= 4 is 23.7 Å². The van der Waals surface area contributed by atoms with Crippen molar-refractivity contribution in [3.8, 4) is 0 Å². The third-order valence-corrected chi connectivity index (χ3v) is 4.24. The number of aliphatic carboxylic acids is 1. The summed E-state index contributed by atoms with van der Waals surface area (Å²) in [5.41, 5.74) is 10.9. The van der Waals surface area contributed by atoms with Crippen LogP contribution in [0.2, 0.25) is 0 Å². The average Bonchev–Trinajstić information content (AvgIpc) is 2.53. The van der Waals surface area contributed by atoms with Crippen LogP contribution >= 0.6 is 0 Å². The zero-order valence-electron chi connectivity index (χ0n) is 16.0. The number of carbonyl (C=O) groups excluding carboxylic acids is 2. The zero-order chi connectivity index (χ0) is 21.6. The van der Waals surface area contributed by atoms with Crippen LogP contribution in [0, 0.1) is 10.1 Å². The number of esters is 1. The first-order valence-corrected chi connectivity index (χ1v) is 8.41. The number of nitrogens with zero attached hydrogens (tertiary/aromatic N) is 2. The van der Waals surface area contributed by atoms with E-state index < -0.39 is 45.1 Å². The Balaban J connectivity index is 3.58. The van der Waals surface area contributed by atoms with Crippen molar-refractivity contribution in [2.45, 2.75) is 25.4 Å². The Bertz CT molecular complexity index is 779. The van der Waals surface area contributed by atoms with Gasteiger partial charge in [0.2, 0.25) is 0 Å². The predicted octanol–water partition coefficient (Wildman–Crippen LogP) is 0.351. The number of hydrogen-bond acceptors (Lipinski definition) is 7. The highest BCUT2D eigenvalue weighted by molar-refractivity contribution is 5.80. The Labute approximate surface area is 161 Å². The van der Waals surface area contributed by atoms with E-state index in [1.807, 2.05) is 0 Å². The number of amides is 2. The lowest BCUT2D eigenvalue weighted by Crippen LogP contribution is -2.55. The number of urea groups is 1. The first-order chi connectivity index (χ1) is 12.9. The predicted molar refractivity (Wildman–Crippen MR) is 98.3 cm³/mol. The van der Waals surface area contributed by atoms with Crippen LogP contribution in [-0.4, -0.2) is 65.8 Å². The van der Waals surface area contributed by atoms with Gasteiger partial charge in [0.25, 0.3) is 5.69 Å². The molecule has 1 aromatic carbocycles.